The van der Waals surface area contributed by atoms with E-state index in [1.807, 2.05) is 30.3 Å². The smallest absolute Gasteiger partial charge is 0.270 e. The lowest BCUT2D eigenvalue weighted by Gasteiger charge is -2.09. The molecule has 0 aliphatic rings. The van der Waals surface area contributed by atoms with Crippen LogP contribution in [0.25, 0.3) is 0 Å². The Morgan fingerprint density at radius 2 is 1.68 bits per heavy atom. The zero-order valence-electron chi connectivity index (χ0n) is 16.6. The summed E-state index contributed by atoms with van der Waals surface area (Å²) in [6.07, 6.45) is 0.976. The molecule has 0 heterocycles. The zero-order valence-corrected chi connectivity index (χ0v) is 18.2. The Morgan fingerprint density at radius 1 is 0.968 bits per heavy atom. The number of nitro benzene ring substituents is 1. The van der Waals surface area contributed by atoms with Gasteiger partial charge in [-0.15, -0.1) is 0 Å². The van der Waals surface area contributed by atoms with Crippen LogP contribution in [0, 0.1) is 10.1 Å². The second-order valence-corrected chi connectivity index (χ2v) is 10.6. The summed E-state index contributed by atoms with van der Waals surface area (Å²) in [5.74, 6) is -1.54. The number of hydrogen-bond acceptors (Lipinski definition) is 7. The van der Waals surface area contributed by atoms with Crippen LogP contribution in [0.4, 0.5) is 5.69 Å². The van der Waals surface area contributed by atoms with Crippen molar-refractivity contribution >= 4 is 31.5 Å². The monoisotopic (exact) mass is 469 g/mol. The Balaban J connectivity index is 1.74. The molecule has 0 saturated carbocycles. The molecule has 0 spiro atoms. The standard InChI is InChI=1S/C19H23N3O7S2/c23-19(15-30(26,27)13-5-8-16-6-2-1-3-7-16)20-11-12-21-31(28,29)18-10-4-9-17(14-18)22(24)25/h1-4,6-7,9-10,14,21H,5,8,11-13,15H2,(H,20,23). The van der Waals surface area contributed by atoms with Gasteiger partial charge in [0.2, 0.25) is 15.9 Å². The van der Waals surface area contributed by atoms with Gasteiger partial charge in [-0.25, -0.2) is 21.6 Å². The van der Waals surface area contributed by atoms with Gasteiger partial charge < -0.3 is 5.32 Å². The first kappa shape index (κ1) is 24.4. The van der Waals surface area contributed by atoms with Crippen molar-refractivity contribution in [2.24, 2.45) is 0 Å². The van der Waals surface area contributed by atoms with Crippen LogP contribution < -0.4 is 10.0 Å². The first-order chi connectivity index (χ1) is 14.6. The molecule has 0 unspecified atom stereocenters. The fourth-order valence-corrected chi connectivity index (χ4v) is 5.00. The van der Waals surface area contributed by atoms with E-state index in [1.54, 1.807) is 0 Å². The van der Waals surface area contributed by atoms with Gasteiger partial charge in [0, 0.05) is 25.2 Å². The quantitative estimate of drug-likeness (QED) is 0.267. The lowest BCUT2D eigenvalue weighted by atomic mass is 10.1. The van der Waals surface area contributed by atoms with Gasteiger partial charge in [-0.3, -0.25) is 14.9 Å². The van der Waals surface area contributed by atoms with E-state index in [0.717, 1.165) is 11.6 Å². The first-order valence-corrected chi connectivity index (χ1v) is 12.6. The number of non-ortho nitro benzene ring substituents is 1. The highest BCUT2D eigenvalue weighted by Gasteiger charge is 2.18. The Morgan fingerprint density at radius 3 is 2.35 bits per heavy atom. The average Bonchev–Trinajstić information content (AvgIpc) is 2.71. The normalized spacial score (nSPS) is 11.7. The summed E-state index contributed by atoms with van der Waals surface area (Å²) in [5, 5.41) is 13.1. The van der Waals surface area contributed by atoms with E-state index in [4.69, 9.17) is 0 Å². The predicted molar refractivity (Wildman–Crippen MR) is 115 cm³/mol. The molecule has 0 saturated heterocycles. The average molecular weight is 470 g/mol. The van der Waals surface area contributed by atoms with Gasteiger partial charge in [0.15, 0.2) is 9.84 Å². The summed E-state index contributed by atoms with van der Waals surface area (Å²) in [4.78, 5) is 21.6. The number of aryl methyl sites for hydroxylation is 1. The summed E-state index contributed by atoms with van der Waals surface area (Å²) in [6, 6.07) is 13.9. The molecule has 2 N–H and O–H groups in total. The van der Waals surface area contributed by atoms with E-state index in [9.17, 15) is 31.7 Å². The van der Waals surface area contributed by atoms with Crippen molar-refractivity contribution in [3.05, 3.63) is 70.3 Å². The molecule has 2 aromatic rings. The van der Waals surface area contributed by atoms with Crippen LogP contribution in [0.1, 0.15) is 12.0 Å². The Hall–Kier alpha value is -2.83. The van der Waals surface area contributed by atoms with E-state index in [2.05, 4.69) is 10.0 Å². The minimum atomic E-state index is -4.01. The molecule has 0 atom stereocenters. The van der Waals surface area contributed by atoms with E-state index >= 15 is 0 Å². The predicted octanol–water partition coefficient (Wildman–Crippen LogP) is 1.04. The first-order valence-electron chi connectivity index (χ1n) is 9.34. The Bertz CT molecular complexity index is 1120. The van der Waals surface area contributed by atoms with Gasteiger partial charge in [0.1, 0.15) is 5.75 Å². The fourth-order valence-electron chi connectivity index (χ4n) is 2.70. The number of rotatable bonds is 12. The molecule has 0 aliphatic heterocycles. The Kier molecular flexibility index (Phi) is 8.65. The number of nitrogens with zero attached hydrogens (tertiary/aromatic N) is 1. The summed E-state index contributed by atoms with van der Waals surface area (Å²) >= 11 is 0. The molecular formula is C19H23N3O7S2. The maximum atomic E-state index is 12.2. The molecule has 0 fully saturated rings. The molecule has 1 amide bonds. The molecule has 0 bridgehead atoms. The largest absolute Gasteiger partial charge is 0.354 e. The van der Waals surface area contributed by atoms with Gasteiger partial charge in [0.05, 0.1) is 15.6 Å². The van der Waals surface area contributed by atoms with E-state index in [-0.39, 0.29) is 29.4 Å². The van der Waals surface area contributed by atoms with Crippen molar-refractivity contribution in [2.45, 2.75) is 17.7 Å². The molecule has 0 radical (unpaired) electrons. The summed E-state index contributed by atoms with van der Waals surface area (Å²) in [5.41, 5.74) is 0.645. The lowest BCUT2D eigenvalue weighted by molar-refractivity contribution is -0.385. The van der Waals surface area contributed by atoms with Crippen LogP contribution in [0.2, 0.25) is 0 Å². The molecule has 10 nitrogen and oxygen atoms in total. The van der Waals surface area contributed by atoms with Crippen LogP contribution in [0.5, 0.6) is 0 Å². The molecule has 2 rings (SSSR count). The second kappa shape index (κ2) is 11.0. The van der Waals surface area contributed by atoms with Crippen molar-refractivity contribution in [1.29, 1.82) is 0 Å². The van der Waals surface area contributed by atoms with Crippen LogP contribution in [0.3, 0.4) is 0 Å². The van der Waals surface area contributed by atoms with Crippen LogP contribution in [-0.2, 0) is 31.1 Å². The minimum Gasteiger partial charge on any atom is -0.354 e. The number of carbonyl (C=O) groups excluding carboxylic acids is 1. The van der Waals surface area contributed by atoms with E-state index < -0.39 is 36.4 Å². The maximum absolute atomic E-state index is 12.2. The molecule has 31 heavy (non-hydrogen) atoms. The van der Waals surface area contributed by atoms with Crippen molar-refractivity contribution in [2.75, 3.05) is 24.6 Å². The minimum absolute atomic E-state index is 0.130. The number of amides is 1. The van der Waals surface area contributed by atoms with Gasteiger partial charge in [0.25, 0.3) is 5.69 Å². The van der Waals surface area contributed by atoms with Crippen LogP contribution in [0.15, 0.2) is 59.5 Å². The van der Waals surface area contributed by atoms with Crippen molar-refractivity contribution in [3.63, 3.8) is 0 Å². The molecule has 2 aromatic carbocycles. The summed E-state index contributed by atoms with van der Waals surface area (Å²) in [7, 11) is -7.60. The van der Waals surface area contributed by atoms with Gasteiger partial charge in [-0.2, -0.15) is 0 Å². The number of nitrogens with one attached hydrogen (secondary N) is 2. The van der Waals surface area contributed by atoms with Crippen LogP contribution in [-0.4, -0.2) is 52.3 Å². The number of sulfone groups is 1. The third kappa shape index (κ3) is 8.44. The van der Waals surface area contributed by atoms with Gasteiger partial charge in [-0.05, 0) is 24.5 Å². The molecular weight excluding hydrogens is 446 g/mol. The third-order valence-corrected chi connectivity index (χ3v) is 7.26. The molecule has 0 aliphatic carbocycles. The number of benzene rings is 2. The van der Waals surface area contributed by atoms with Crippen molar-refractivity contribution in [3.8, 4) is 0 Å². The molecule has 12 heteroatoms. The number of nitro groups is 1. The third-order valence-electron chi connectivity index (χ3n) is 4.19. The highest BCUT2D eigenvalue weighted by molar-refractivity contribution is 7.92. The lowest BCUT2D eigenvalue weighted by Crippen LogP contribution is -2.37. The van der Waals surface area contributed by atoms with E-state index in [1.165, 1.54) is 18.2 Å². The van der Waals surface area contributed by atoms with Gasteiger partial charge in [-0.1, -0.05) is 36.4 Å². The van der Waals surface area contributed by atoms with Crippen molar-refractivity contribution < 1.29 is 26.6 Å². The number of hydrogen-bond donors (Lipinski definition) is 2. The number of sulfonamides is 1. The molecule has 168 valence electrons. The Labute approximate surface area is 180 Å². The topological polar surface area (TPSA) is 153 Å². The zero-order chi connectivity index (χ0) is 22.9. The van der Waals surface area contributed by atoms with Crippen molar-refractivity contribution in [1.82, 2.24) is 10.0 Å². The maximum Gasteiger partial charge on any atom is 0.270 e. The highest BCUT2D eigenvalue weighted by Crippen LogP contribution is 2.16. The second-order valence-electron chi connectivity index (χ2n) is 6.68. The fraction of sp³-hybridized carbons (Fsp3) is 0.316. The SMILES string of the molecule is O=C(CS(=O)(=O)CCCc1ccccc1)NCCNS(=O)(=O)c1cccc([N+](=O)[O-])c1. The highest BCUT2D eigenvalue weighted by atomic mass is 32.2. The molecule has 0 aromatic heterocycles. The van der Waals surface area contributed by atoms with E-state index in [0.29, 0.717) is 12.8 Å². The summed E-state index contributed by atoms with van der Waals surface area (Å²) in [6.45, 7) is -0.336. The summed E-state index contributed by atoms with van der Waals surface area (Å²) < 4.78 is 50.7. The van der Waals surface area contributed by atoms with Gasteiger partial charge >= 0.3 is 0 Å². The number of carbonyl (C=O) groups is 1. The van der Waals surface area contributed by atoms with Crippen LogP contribution >= 0.6 is 0 Å².